The van der Waals surface area contributed by atoms with E-state index in [0.29, 0.717) is 5.56 Å². The average molecular weight is 453 g/mol. The van der Waals surface area contributed by atoms with E-state index in [1.54, 1.807) is 6.92 Å². The summed E-state index contributed by atoms with van der Waals surface area (Å²) in [5, 5.41) is 21.9. The minimum absolute atomic E-state index is 0.0112. The fourth-order valence-corrected chi connectivity index (χ4v) is 3.24. The van der Waals surface area contributed by atoms with E-state index in [0.717, 1.165) is 11.0 Å². The molecule has 174 valence electrons. The molecule has 2 aromatic rings. The number of nitrogens with one attached hydrogen (secondary N) is 1. The number of aliphatic hydroxyl groups is 2. The summed E-state index contributed by atoms with van der Waals surface area (Å²) < 4.78 is 39.9. The van der Waals surface area contributed by atoms with Crippen LogP contribution in [0, 0.1) is 11.6 Å². The quantitative estimate of drug-likeness (QED) is 0.554. The van der Waals surface area contributed by atoms with E-state index in [-0.39, 0.29) is 42.9 Å². The minimum atomic E-state index is -1.04. The lowest BCUT2D eigenvalue weighted by atomic mass is 10.1. The number of rotatable bonds is 8. The summed E-state index contributed by atoms with van der Waals surface area (Å²) in [4.78, 5) is 23.8. The number of carbonyl (C=O) groups excluding carboxylic acids is 1. The highest BCUT2D eigenvalue weighted by molar-refractivity contribution is 6.05. The van der Waals surface area contributed by atoms with Crippen LogP contribution in [0.25, 0.3) is 0 Å². The number of ether oxygens (including phenoxy) is 2. The average Bonchev–Trinajstić information content (AvgIpc) is 2.78. The van der Waals surface area contributed by atoms with Crippen molar-refractivity contribution in [3.05, 3.63) is 29.5 Å². The van der Waals surface area contributed by atoms with Gasteiger partial charge in [-0.15, -0.1) is 0 Å². The number of hydrogen-bond acceptors (Lipinski definition) is 8. The Morgan fingerprint density at radius 1 is 1.22 bits per heavy atom. The molecule has 0 radical (unpaired) electrons. The van der Waals surface area contributed by atoms with Gasteiger partial charge in [-0.2, -0.15) is 4.98 Å². The Balaban J connectivity index is 2.00. The molecule has 0 bridgehead atoms. The van der Waals surface area contributed by atoms with Crippen LogP contribution in [-0.4, -0.2) is 65.7 Å². The molecule has 0 aliphatic carbocycles. The van der Waals surface area contributed by atoms with E-state index in [4.69, 9.17) is 9.47 Å². The number of hydrogen-bond donors (Lipinski definition) is 3. The topological polar surface area (TPSA) is 120 Å². The normalized spacial score (nSPS) is 15.3. The van der Waals surface area contributed by atoms with Gasteiger partial charge in [0.1, 0.15) is 11.5 Å². The molecule has 2 amide bonds. The van der Waals surface area contributed by atoms with Gasteiger partial charge in [0.05, 0.1) is 33.0 Å². The van der Waals surface area contributed by atoms with Crippen LogP contribution in [-0.2, 0) is 6.54 Å². The number of benzene rings is 1. The standard InChI is InChI=1S/C20H25F2N5O5/c1-5-26-18-11(7-23-19(25-18)24-8-12(29)10(2)28)9-27(20(26)30)17-15(21)13(31-3)6-14(32-4)16(17)22/h6-7,10,12,28-29H,5,8-9H2,1-4H3,(H,23,24,25). The van der Waals surface area contributed by atoms with E-state index in [2.05, 4.69) is 15.3 Å². The van der Waals surface area contributed by atoms with Gasteiger partial charge in [-0.3, -0.25) is 9.80 Å². The molecule has 2 unspecified atom stereocenters. The van der Waals surface area contributed by atoms with Crippen LogP contribution in [0.4, 0.5) is 31.0 Å². The first kappa shape index (κ1) is 23.4. The summed E-state index contributed by atoms with van der Waals surface area (Å²) in [5.74, 6) is -2.22. The molecular formula is C20H25F2N5O5. The van der Waals surface area contributed by atoms with Gasteiger partial charge in [-0.1, -0.05) is 0 Å². The number of aliphatic hydroxyl groups excluding tert-OH is 2. The fourth-order valence-electron chi connectivity index (χ4n) is 3.24. The van der Waals surface area contributed by atoms with Crippen LogP contribution in [0.3, 0.4) is 0 Å². The van der Waals surface area contributed by atoms with E-state index in [1.807, 2.05) is 0 Å². The summed E-state index contributed by atoms with van der Waals surface area (Å²) in [6, 6.07) is 0.374. The first-order valence-electron chi connectivity index (χ1n) is 9.88. The van der Waals surface area contributed by atoms with Gasteiger partial charge >= 0.3 is 6.03 Å². The zero-order valence-electron chi connectivity index (χ0n) is 18.1. The monoisotopic (exact) mass is 453 g/mol. The second kappa shape index (κ2) is 9.49. The van der Waals surface area contributed by atoms with E-state index < -0.39 is 35.6 Å². The zero-order chi connectivity index (χ0) is 23.6. The molecule has 3 rings (SSSR count). The molecule has 0 saturated carbocycles. The molecule has 2 heterocycles. The first-order chi connectivity index (χ1) is 15.2. The molecule has 0 spiro atoms. The number of aromatic nitrogens is 2. The Labute approximate surface area is 183 Å². The molecule has 0 fully saturated rings. The Morgan fingerprint density at radius 3 is 2.38 bits per heavy atom. The number of methoxy groups -OCH3 is 2. The van der Waals surface area contributed by atoms with E-state index in [1.165, 1.54) is 32.2 Å². The number of anilines is 3. The maximum absolute atomic E-state index is 15.0. The lowest BCUT2D eigenvalue weighted by molar-refractivity contribution is 0.0399. The Hall–Kier alpha value is -3.25. The molecule has 10 nitrogen and oxygen atoms in total. The lowest BCUT2D eigenvalue weighted by Crippen LogP contribution is -2.48. The third-order valence-corrected chi connectivity index (χ3v) is 5.05. The van der Waals surface area contributed by atoms with Crippen molar-refractivity contribution in [3.8, 4) is 11.5 Å². The van der Waals surface area contributed by atoms with Gasteiger partial charge in [0, 0.05) is 30.9 Å². The van der Waals surface area contributed by atoms with Crippen LogP contribution < -0.4 is 24.6 Å². The van der Waals surface area contributed by atoms with Crippen molar-refractivity contribution in [2.45, 2.75) is 32.6 Å². The summed E-state index contributed by atoms with van der Waals surface area (Å²) in [6.45, 7) is 3.10. The first-order valence-corrected chi connectivity index (χ1v) is 9.88. The van der Waals surface area contributed by atoms with Crippen LogP contribution in [0.5, 0.6) is 11.5 Å². The minimum Gasteiger partial charge on any atom is -0.493 e. The predicted octanol–water partition coefficient (Wildman–Crippen LogP) is 1.89. The molecular weight excluding hydrogens is 428 g/mol. The van der Waals surface area contributed by atoms with Crippen molar-refractivity contribution in [1.29, 1.82) is 0 Å². The van der Waals surface area contributed by atoms with Gasteiger partial charge in [0.2, 0.25) is 5.95 Å². The van der Waals surface area contributed by atoms with Crippen molar-refractivity contribution >= 4 is 23.5 Å². The zero-order valence-corrected chi connectivity index (χ0v) is 18.1. The summed E-state index contributed by atoms with van der Waals surface area (Å²) >= 11 is 0. The van der Waals surface area contributed by atoms with Gasteiger partial charge in [0.25, 0.3) is 0 Å². The molecule has 2 atom stereocenters. The smallest absolute Gasteiger partial charge is 0.330 e. The number of carbonyl (C=O) groups is 1. The van der Waals surface area contributed by atoms with E-state index in [9.17, 15) is 15.0 Å². The lowest BCUT2D eigenvalue weighted by Gasteiger charge is -2.36. The fraction of sp³-hybridized carbons (Fsp3) is 0.450. The molecule has 0 saturated heterocycles. The Bertz CT molecular complexity index is 979. The van der Waals surface area contributed by atoms with Crippen molar-refractivity contribution in [1.82, 2.24) is 9.97 Å². The SMILES string of the molecule is CCN1C(=O)N(c2c(F)c(OC)cc(OC)c2F)Cc2cnc(NCC(O)C(C)O)nc21. The van der Waals surface area contributed by atoms with Crippen LogP contribution in [0.2, 0.25) is 0 Å². The summed E-state index contributed by atoms with van der Waals surface area (Å²) in [5.41, 5.74) is -0.147. The van der Waals surface area contributed by atoms with Crippen LogP contribution in [0.1, 0.15) is 19.4 Å². The molecule has 1 aliphatic rings. The largest absolute Gasteiger partial charge is 0.493 e. The van der Waals surface area contributed by atoms with Crippen molar-refractivity contribution in [2.75, 3.05) is 42.4 Å². The van der Waals surface area contributed by atoms with Gasteiger partial charge < -0.3 is 25.0 Å². The second-order valence-corrected chi connectivity index (χ2v) is 7.10. The van der Waals surface area contributed by atoms with E-state index >= 15 is 8.78 Å². The highest BCUT2D eigenvalue weighted by atomic mass is 19.1. The molecule has 1 aliphatic heterocycles. The Kier molecular flexibility index (Phi) is 6.94. The highest BCUT2D eigenvalue weighted by Gasteiger charge is 2.37. The molecule has 32 heavy (non-hydrogen) atoms. The number of halogens is 2. The van der Waals surface area contributed by atoms with Crippen LogP contribution >= 0.6 is 0 Å². The van der Waals surface area contributed by atoms with Gasteiger partial charge in [-0.25, -0.2) is 18.6 Å². The second-order valence-electron chi connectivity index (χ2n) is 7.10. The molecule has 1 aromatic carbocycles. The summed E-state index contributed by atoms with van der Waals surface area (Å²) in [7, 11) is 2.45. The van der Waals surface area contributed by atoms with Gasteiger partial charge in [-0.05, 0) is 13.8 Å². The number of nitrogens with zero attached hydrogens (tertiary/aromatic N) is 4. The van der Waals surface area contributed by atoms with Crippen LogP contribution in [0.15, 0.2) is 12.3 Å². The maximum atomic E-state index is 15.0. The molecule has 1 aromatic heterocycles. The number of amides is 2. The molecule has 3 N–H and O–H groups in total. The number of fused-ring (bicyclic) bond motifs is 1. The van der Waals surface area contributed by atoms with Crippen molar-refractivity contribution in [2.24, 2.45) is 0 Å². The Morgan fingerprint density at radius 2 is 1.84 bits per heavy atom. The molecule has 12 heteroatoms. The predicted molar refractivity (Wildman–Crippen MR) is 112 cm³/mol. The van der Waals surface area contributed by atoms with Crippen molar-refractivity contribution in [3.63, 3.8) is 0 Å². The third-order valence-electron chi connectivity index (χ3n) is 5.05. The third kappa shape index (κ3) is 4.23. The highest BCUT2D eigenvalue weighted by Crippen LogP contribution is 2.40. The van der Waals surface area contributed by atoms with Crippen molar-refractivity contribution < 1.29 is 33.3 Å². The summed E-state index contributed by atoms with van der Waals surface area (Å²) in [6.07, 6.45) is -0.565. The maximum Gasteiger partial charge on any atom is 0.330 e. The van der Waals surface area contributed by atoms with Gasteiger partial charge in [0.15, 0.2) is 23.1 Å². The number of urea groups is 1.